The summed E-state index contributed by atoms with van der Waals surface area (Å²) >= 11 is 0. The highest BCUT2D eigenvalue weighted by Crippen LogP contribution is 2.24. The van der Waals surface area contributed by atoms with Crippen LogP contribution in [0.15, 0.2) is 18.6 Å². The maximum atomic E-state index is 5.92. The fraction of sp³-hybridized carbons (Fsp3) is 0.438. The Bertz CT molecular complexity index is 879. The Balaban J connectivity index is 1.54. The molecule has 3 aromatic heterocycles. The number of morpholine rings is 1. The van der Waals surface area contributed by atoms with Gasteiger partial charge in [-0.15, -0.1) is 0 Å². The topological polar surface area (TPSA) is 105 Å². The fourth-order valence-electron chi connectivity index (χ4n) is 3.00. The lowest BCUT2D eigenvalue weighted by molar-refractivity contribution is -0.0373. The number of aromatic nitrogens is 6. The van der Waals surface area contributed by atoms with E-state index in [1.165, 1.54) is 0 Å². The van der Waals surface area contributed by atoms with Crippen molar-refractivity contribution in [1.29, 1.82) is 0 Å². The van der Waals surface area contributed by atoms with Crippen LogP contribution in [0.4, 0.5) is 5.82 Å². The molecule has 0 radical (unpaired) electrons. The normalized spacial score (nSPS) is 18.6. The van der Waals surface area contributed by atoms with Crippen molar-refractivity contribution in [2.24, 2.45) is 0 Å². The van der Waals surface area contributed by atoms with E-state index in [2.05, 4.69) is 40.1 Å². The molecular weight excluding hydrogens is 320 g/mol. The Morgan fingerprint density at radius 1 is 1.32 bits per heavy atom. The van der Waals surface area contributed by atoms with Crippen molar-refractivity contribution in [3.8, 4) is 0 Å². The Kier molecular flexibility index (Phi) is 4.24. The minimum atomic E-state index is -0.190. The maximum absolute atomic E-state index is 5.92. The SMILES string of the molecule is CNc1nc(C2CN(Cc3ccnc(C)n3)CCO2)nc2nc[nH]c12. The summed E-state index contributed by atoms with van der Waals surface area (Å²) in [4.78, 5) is 27.4. The molecule has 1 aliphatic rings. The Morgan fingerprint density at radius 2 is 2.24 bits per heavy atom. The minimum absolute atomic E-state index is 0.190. The highest BCUT2D eigenvalue weighted by Gasteiger charge is 2.26. The smallest absolute Gasteiger partial charge is 0.183 e. The molecule has 1 fully saturated rings. The van der Waals surface area contributed by atoms with Crippen LogP contribution in [-0.2, 0) is 11.3 Å². The number of H-pyrrole nitrogens is 1. The quantitative estimate of drug-likeness (QED) is 0.726. The van der Waals surface area contributed by atoms with Crippen LogP contribution in [0.25, 0.3) is 11.2 Å². The van der Waals surface area contributed by atoms with E-state index in [0.717, 1.165) is 35.9 Å². The van der Waals surface area contributed by atoms with Gasteiger partial charge in [0.15, 0.2) is 17.3 Å². The van der Waals surface area contributed by atoms with Gasteiger partial charge in [0.25, 0.3) is 0 Å². The molecule has 0 aromatic carbocycles. The van der Waals surface area contributed by atoms with Gasteiger partial charge < -0.3 is 15.0 Å². The van der Waals surface area contributed by atoms with Gasteiger partial charge in [-0.2, -0.15) is 0 Å². The number of nitrogens with one attached hydrogen (secondary N) is 2. The summed E-state index contributed by atoms with van der Waals surface area (Å²) in [6.45, 7) is 4.85. The summed E-state index contributed by atoms with van der Waals surface area (Å²) in [7, 11) is 1.83. The van der Waals surface area contributed by atoms with Gasteiger partial charge in [-0.3, -0.25) is 4.90 Å². The molecule has 3 aromatic rings. The largest absolute Gasteiger partial charge is 0.371 e. The van der Waals surface area contributed by atoms with Crippen LogP contribution in [0.3, 0.4) is 0 Å². The van der Waals surface area contributed by atoms with Crippen molar-refractivity contribution in [1.82, 2.24) is 34.8 Å². The van der Waals surface area contributed by atoms with Crippen molar-refractivity contribution in [3.63, 3.8) is 0 Å². The van der Waals surface area contributed by atoms with Gasteiger partial charge in [0, 0.05) is 32.9 Å². The van der Waals surface area contributed by atoms with Crippen molar-refractivity contribution in [2.75, 3.05) is 32.1 Å². The van der Waals surface area contributed by atoms with Gasteiger partial charge in [0.1, 0.15) is 17.4 Å². The number of hydrogen-bond donors (Lipinski definition) is 2. The first-order valence-corrected chi connectivity index (χ1v) is 8.24. The molecule has 1 saturated heterocycles. The molecule has 4 heterocycles. The molecule has 0 aliphatic carbocycles. The number of nitrogens with zero attached hydrogens (tertiary/aromatic N) is 6. The molecule has 130 valence electrons. The summed E-state index contributed by atoms with van der Waals surface area (Å²) in [6, 6.07) is 1.95. The second-order valence-electron chi connectivity index (χ2n) is 5.97. The van der Waals surface area contributed by atoms with E-state index in [0.29, 0.717) is 24.6 Å². The van der Waals surface area contributed by atoms with Crippen LogP contribution >= 0.6 is 0 Å². The molecule has 0 saturated carbocycles. The molecule has 9 nitrogen and oxygen atoms in total. The standard InChI is InChI=1S/C16H20N8O/c1-10-18-4-3-11(21-10)7-24-5-6-25-12(8-24)14-22-15(17-2)13-16(23-14)20-9-19-13/h3-4,9,12H,5-8H2,1-2H3,(H2,17,19,20,22,23). The third-order valence-corrected chi connectivity index (χ3v) is 4.20. The number of anilines is 1. The molecule has 1 atom stereocenters. The third kappa shape index (κ3) is 3.28. The zero-order valence-electron chi connectivity index (χ0n) is 14.2. The first-order valence-electron chi connectivity index (χ1n) is 8.24. The van der Waals surface area contributed by atoms with Gasteiger partial charge >= 0.3 is 0 Å². The van der Waals surface area contributed by atoms with Gasteiger partial charge in [-0.25, -0.2) is 24.9 Å². The van der Waals surface area contributed by atoms with Gasteiger partial charge in [0.2, 0.25) is 0 Å². The molecule has 1 aliphatic heterocycles. The van der Waals surface area contributed by atoms with Crippen molar-refractivity contribution < 1.29 is 4.74 Å². The molecule has 0 amide bonds. The predicted molar refractivity (Wildman–Crippen MR) is 92.0 cm³/mol. The number of rotatable bonds is 4. The minimum Gasteiger partial charge on any atom is -0.371 e. The van der Waals surface area contributed by atoms with E-state index in [1.54, 1.807) is 12.5 Å². The summed E-state index contributed by atoms with van der Waals surface area (Å²) in [5.74, 6) is 2.16. The van der Waals surface area contributed by atoms with Crippen LogP contribution in [0.1, 0.15) is 23.4 Å². The van der Waals surface area contributed by atoms with E-state index in [4.69, 9.17) is 4.74 Å². The van der Waals surface area contributed by atoms with E-state index < -0.39 is 0 Å². The van der Waals surface area contributed by atoms with Gasteiger partial charge in [-0.1, -0.05) is 0 Å². The number of ether oxygens (including phenoxy) is 1. The predicted octanol–water partition coefficient (Wildman–Crippen LogP) is 1.07. The molecule has 2 N–H and O–H groups in total. The summed E-state index contributed by atoms with van der Waals surface area (Å²) in [5.41, 5.74) is 2.45. The van der Waals surface area contributed by atoms with Crippen LogP contribution in [0.5, 0.6) is 0 Å². The number of aryl methyl sites for hydroxylation is 1. The van der Waals surface area contributed by atoms with E-state index in [-0.39, 0.29) is 6.10 Å². The second-order valence-corrected chi connectivity index (χ2v) is 5.97. The number of aromatic amines is 1. The van der Waals surface area contributed by atoms with Crippen LogP contribution in [0.2, 0.25) is 0 Å². The third-order valence-electron chi connectivity index (χ3n) is 4.20. The molecule has 4 rings (SSSR count). The number of fused-ring (bicyclic) bond motifs is 1. The summed E-state index contributed by atoms with van der Waals surface area (Å²) < 4.78 is 5.92. The molecule has 1 unspecified atom stereocenters. The van der Waals surface area contributed by atoms with Crippen LogP contribution < -0.4 is 5.32 Å². The molecular formula is C16H20N8O. The van der Waals surface area contributed by atoms with Gasteiger partial charge in [-0.05, 0) is 13.0 Å². The average molecular weight is 340 g/mol. The highest BCUT2D eigenvalue weighted by atomic mass is 16.5. The summed E-state index contributed by atoms with van der Waals surface area (Å²) in [5, 5.41) is 3.08. The molecule has 0 spiro atoms. The highest BCUT2D eigenvalue weighted by molar-refractivity contribution is 5.82. The lowest BCUT2D eigenvalue weighted by atomic mass is 10.2. The van der Waals surface area contributed by atoms with Crippen molar-refractivity contribution in [3.05, 3.63) is 35.9 Å². The first-order chi connectivity index (χ1) is 12.2. The fourth-order valence-corrected chi connectivity index (χ4v) is 3.00. The first kappa shape index (κ1) is 15.9. The van der Waals surface area contributed by atoms with Gasteiger partial charge in [0.05, 0.1) is 18.6 Å². The average Bonchev–Trinajstić information content (AvgIpc) is 3.10. The lowest BCUT2D eigenvalue weighted by Crippen LogP contribution is -2.38. The van der Waals surface area contributed by atoms with Crippen molar-refractivity contribution in [2.45, 2.75) is 19.6 Å². The zero-order valence-corrected chi connectivity index (χ0v) is 14.2. The monoisotopic (exact) mass is 340 g/mol. The Labute approximate surface area is 144 Å². The Hall–Kier alpha value is -2.65. The van der Waals surface area contributed by atoms with E-state index in [9.17, 15) is 0 Å². The molecule has 9 heteroatoms. The number of imidazole rings is 1. The van der Waals surface area contributed by atoms with Crippen LogP contribution in [0, 0.1) is 6.92 Å². The van der Waals surface area contributed by atoms with Crippen molar-refractivity contribution >= 4 is 17.0 Å². The maximum Gasteiger partial charge on any atom is 0.183 e. The van der Waals surface area contributed by atoms with E-state index >= 15 is 0 Å². The summed E-state index contributed by atoms with van der Waals surface area (Å²) in [6.07, 6.45) is 3.23. The molecule has 25 heavy (non-hydrogen) atoms. The Morgan fingerprint density at radius 3 is 3.08 bits per heavy atom. The van der Waals surface area contributed by atoms with E-state index in [1.807, 2.05) is 20.0 Å². The lowest BCUT2D eigenvalue weighted by Gasteiger charge is -2.31. The second kappa shape index (κ2) is 6.69. The molecule has 0 bridgehead atoms. The van der Waals surface area contributed by atoms with Crippen LogP contribution in [-0.4, -0.2) is 61.5 Å². The zero-order chi connectivity index (χ0) is 17.2. The number of hydrogen-bond acceptors (Lipinski definition) is 8.